The predicted molar refractivity (Wildman–Crippen MR) is 159 cm³/mol. The van der Waals surface area contributed by atoms with Crippen molar-refractivity contribution in [3.8, 4) is 22.1 Å². The van der Waals surface area contributed by atoms with Crippen LogP contribution in [0.1, 0.15) is 69.9 Å². The number of hydrogen-bond acceptors (Lipinski definition) is 11. The van der Waals surface area contributed by atoms with Crippen LogP contribution < -0.4 is 5.32 Å². The maximum atomic E-state index is 13.3. The summed E-state index contributed by atoms with van der Waals surface area (Å²) in [6.07, 6.45) is 12.2. The standard InChI is InChI=1S/C27H35N8O6PS/c1-5-39-20-9-7-19(8-10-20)35-15-21(23(33-35)24-28-11-6-12-29-24)31-25(36)22-16-43-26(32-22)18-13-30-34(14-18)17-40-42(37,38)41-27(2,3)4/h6,11-16,19-20H,5,7-10,17H2,1-4H3,(H,31,36)(H,37,38). The van der Waals surface area contributed by atoms with Crippen molar-refractivity contribution in [2.24, 2.45) is 0 Å². The van der Waals surface area contributed by atoms with Crippen LogP contribution in [0.2, 0.25) is 0 Å². The van der Waals surface area contributed by atoms with E-state index in [-0.39, 0.29) is 24.6 Å². The van der Waals surface area contributed by atoms with Crippen LogP contribution in [0, 0.1) is 0 Å². The van der Waals surface area contributed by atoms with Crippen LogP contribution in [-0.2, 0) is 25.1 Å². The largest absolute Gasteiger partial charge is 0.474 e. The highest BCUT2D eigenvalue weighted by molar-refractivity contribution is 7.47. The topological polar surface area (TPSA) is 168 Å². The normalized spacial score (nSPS) is 18.8. The number of phosphoric ester groups is 1. The first-order valence-corrected chi connectivity index (χ1v) is 16.3. The molecule has 5 rings (SSSR count). The lowest BCUT2D eigenvalue weighted by molar-refractivity contribution is 0.0260. The number of aromatic nitrogens is 7. The Morgan fingerprint density at radius 1 is 1.19 bits per heavy atom. The summed E-state index contributed by atoms with van der Waals surface area (Å²) in [4.78, 5) is 36.4. The van der Waals surface area contributed by atoms with E-state index in [0.29, 0.717) is 34.4 Å². The highest BCUT2D eigenvalue weighted by Gasteiger charge is 2.29. The number of phosphoric acid groups is 1. The minimum atomic E-state index is -4.27. The van der Waals surface area contributed by atoms with Crippen molar-refractivity contribution < 1.29 is 28.0 Å². The van der Waals surface area contributed by atoms with Gasteiger partial charge in [-0.15, -0.1) is 11.3 Å². The van der Waals surface area contributed by atoms with Gasteiger partial charge < -0.3 is 14.9 Å². The van der Waals surface area contributed by atoms with Gasteiger partial charge in [-0.1, -0.05) is 0 Å². The van der Waals surface area contributed by atoms with Gasteiger partial charge in [-0.3, -0.25) is 18.5 Å². The number of hydrogen-bond donors (Lipinski definition) is 2. The second kappa shape index (κ2) is 13.1. The minimum Gasteiger partial charge on any atom is -0.379 e. The second-order valence-corrected chi connectivity index (χ2v) is 13.3. The third kappa shape index (κ3) is 8.19. The molecule has 4 heterocycles. The highest BCUT2D eigenvalue weighted by atomic mass is 32.1. The van der Waals surface area contributed by atoms with Crippen molar-refractivity contribution in [3.05, 3.63) is 48.1 Å². The quantitative estimate of drug-likeness (QED) is 0.206. The van der Waals surface area contributed by atoms with Gasteiger partial charge in [0, 0.05) is 42.3 Å². The molecule has 0 aliphatic heterocycles. The average Bonchev–Trinajstić information content (AvgIpc) is 3.72. The third-order valence-electron chi connectivity index (χ3n) is 6.54. The molecule has 1 aliphatic rings. The monoisotopic (exact) mass is 630 g/mol. The lowest BCUT2D eigenvalue weighted by Gasteiger charge is -2.28. The van der Waals surface area contributed by atoms with Crippen LogP contribution >= 0.6 is 19.2 Å². The Bertz CT molecular complexity index is 1580. The molecule has 4 aromatic heterocycles. The molecule has 16 heteroatoms. The number of nitrogens with one attached hydrogen (secondary N) is 1. The summed E-state index contributed by atoms with van der Waals surface area (Å²) in [6.45, 7) is 7.37. The Labute approximate surface area is 253 Å². The molecular weight excluding hydrogens is 595 g/mol. The number of amides is 1. The molecule has 1 atom stereocenters. The van der Waals surface area contributed by atoms with E-state index in [9.17, 15) is 14.3 Å². The van der Waals surface area contributed by atoms with E-state index in [1.165, 1.54) is 22.2 Å². The summed E-state index contributed by atoms with van der Waals surface area (Å²) in [5.41, 5.74) is 0.954. The fourth-order valence-corrected chi connectivity index (χ4v) is 6.50. The van der Waals surface area contributed by atoms with Gasteiger partial charge in [-0.05, 0) is 59.4 Å². The Hall–Kier alpha value is -3.33. The van der Waals surface area contributed by atoms with Crippen LogP contribution in [0.4, 0.5) is 5.69 Å². The van der Waals surface area contributed by atoms with E-state index in [0.717, 1.165) is 25.7 Å². The fourth-order valence-electron chi connectivity index (χ4n) is 4.71. The summed E-state index contributed by atoms with van der Waals surface area (Å²) in [7, 11) is -4.27. The van der Waals surface area contributed by atoms with E-state index in [2.05, 4.69) is 25.4 Å². The van der Waals surface area contributed by atoms with Gasteiger partial charge in [-0.2, -0.15) is 10.2 Å². The summed E-state index contributed by atoms with van der Waals surface area (Å²) in [6, 6.07) is 1.90. The number of carbonyl (C=O) groups is 1. The number of anilines is 1. The zero-order valence-electron chi connectivity index (χ0n) is 24.4. The first-order valence-electron chi connectivity index (χ1n) is 14.0. The second-order valence-electron chi connectivity index (χ2n) is 11.0. The highest BCUT2D eigenvalue weighted by Crippen LogP contribution is 2.47. The van der Waals surface area contributed by atoms with Crippen molar-refractivity contribution in [3.63, 3.8) is 0 Å². The molecular formula is C27H35N8O6PS. The zero-order valence-corrected chi connectivity index (χ0v) is 26.1. The van der Waals surface area contributed by atoms with Crippen molar-refractivity contribution in [1.29, 1.82) is 0 Å². The van der Waals surface area contributed by atoms with Gasteiger partial charge in [0.2, 0.25) is 0 Å². The van der Waals surface area contributed by atoms with Crippen molar-refractivity contribution in [1.82, 2.24) is 34.5 Å². The molecule has 1 saturated carbocycles. The first kappa shape index (κ1) is 31.1. The summed E-state index contributed by atoms with van der Waals surface area (Å²) >= 11 is 1.27. The van der Waals surface area contributed by atoms with E-state index in [1.807, 2.05) is 17.8 Å². The first-order chi connectivity index (χ1) is 20.5. The molecule has 14 nitrogen and oxygen atoms in total. The van der Waals surface area contributed by atoms with Gasteiger partial charge in [0.15, 0.2) is 18.2 Å². The molecule has 0 bridgehead atoms. The lowest BCUT2D eigenvalue weighted by atomic mass is 9.93. The molecule has 0 aromatic carbocycles. The minimum absolute atomic E-state index is 0.177. The molecule has 230 valence electrons. The Morgan fingerprint density at radius 2 is 1.93 bits per heavy atom. The maximum absolute atomic E-state index is 13.3. The zero-order chi connectivity index (χ0) is 30.6. The molecule has 1 fully saturated rings. The van der Waals surface area contributed by atoms with Crippen LogP contribution in [-0.4, -0.2) is 63.6 Å². The average molecular weight is 631 g/mol. The number of thiazole rings is 1. The predicted octanol–water partition coefficient (Wildman–Crippen LogP) is 5.32. The summed E-state index contributed by atoms with van der Waals surface area (Å²) in [5, 5.41) is 14.1. The molecule has 4 aromatic rings. The number of ether oxygens (including phenoxy) is 1. The van der Waals surface area contributed by atoms with Crippen LogP contribution in [0.3, 0.4) is 0 Å². The van der Waals surface area contributed by atoms with Gasteiger partial charge in [0.05, 0.1) is 29.6 Å². The van der Waals surface area contributed by atoms with Crippen LogP contribution in [0.15, 0.2) is 42.4 Å². The van der Waals surface area contributed by atoms with Gasteiger partial charge >= 0.3 is 7.82 Å². The molecule has 0 saturated heterocycles. The molecule has 43 heavy (non-hydrogen) atoms. The SMILES string of the molecule is CCOC1CCC(n2cc(NC(=O)c3csc(-c4cnn(COP(=O)(O)OC(C)(C)C)c4)n3)c(-c3ncccn3)n2)CC1. The lowest BCUT2D eigenvalue weighted by Crippen LogP contribution is -2.24. The van der Waals surface area contributed by atoms with E-state index >= 15 is 0 Å². The fraction of sp³-hybridized carbons (Fsp3) is 0.481. The Morgan fingerprint density at radius 3 is 2.63 bits per heavy atom. The smallest absolute Gasteiger partial charge is 0.379 e. The van der Waals surface area contributed by atoms with Gasteiger partial charge in [0.1, 0.15) is 10.7 Å². The van der Waals surface area contributed by atoms with Crippen molar-refractivity contribution >= 4 is 30.8 Å². The van der Waals surface area contributed by atoms with Crippen molar-refractivity contribution in [2.75, 3.05) is 11.9 Å². The molecule has 2 N–H and O–H groups in total. The molecule has 1 amide bonds. The third-order valence-corrected chi connectivity index (χ3v) is 8.65. The number of rotatable bonds is 11. The van der Waals surface area contributed by atoms with Gasteiger partial charge in [-0.25, -0.2) is 24.2 Å². The van der Waals surface area contributed by atoms with E-state index in [4.69, 9.17) is 18.9 Å². The van der Waals surface area contributed by atoms with Crippen LogP contribution in [0.25, 0.3) is 22.1 Å². The summed E-state index contributed by atoms with van der Waals surface area (Å²) in [5.74, 6) is 0.00374. The van der Waals surface area contributed by atoms with E-state index in [1.54, 1.807) is 50.8 Å². The Kier molecular flexibility index (Phi) is 9.49. The molecule has 0 spiro atoms. The van der Waals surface area contributed by atoms with Gasteiger partial charge in [0.25, 0.3) is 5.91 Å². The molecule has 1 unspecified atom stereocenters. The number of nitrogens with zero attached hydrogens (tertiary/aromatic N) is 7. The Balaban J connectivity index is 1.28. The summed E-state index contributed by atoms with van der Waals surface area (Å²) < 4.78 is 31.3. The maximum Gasteiger partial charge on any atom is 0.474 e. The van der Waals surface area contributed by atoms with Crippen LogP contribution in [0.5, 0.6) is 0 Å². The number of carbonyl (C=O) groups excluding carboxylic acids is 1. The van der Waals surface area contributed by atoms with E-state index < -0.39 is 19.3 Å². The molecule has 1 aliphatic carbocycles. The molecule has 0 radical (unpaired) electrons. The van der Waals surface area contributed by atoms with Crippen molar-refractivity contribution in [2.45, 2.75) is 77.9 Å².